The van der Waals surface area contributed by atoms with Crippen LogP contribution in [0.15, 0.2) is 61.7 Å². The Hall–Kier alpha value is -3.82. The van der Waals surface area contributed by atoms with Crippen LogP contribution in [0, 0.1) is 0 Å². The van der Waals surface area contributed by atoms with E-state index in [1.54, 1.807) is 12.1 Å². The zero-order chi connectivity index (χ0) is 28.9. The molecular formula is C31H41N3O6. The van der Waals surface area contributed by atoms with Crippen LogP contribution in [0.4, 0.5) is 0 Å². The number of hydrogen-bond donors (Lipinski definition) is 0. The van der Waals surface area contributed by atoms with E-state index in [1.807, 2.05) is 41.3 Å². The van der Waals surface area contributed by atoms with Gasteiger partial charge in [-0.3, -0.25) is 19.4 Å². The van der Waals surface area contributed by atoms with Crippen molar-refractivity contribution in [2.75, 3.05) is 80.3 Å². The van der Waals surface area contributed by atoms with Gasteiger partial charge in [0.15, 0.2) is 17.3 Å². The summed E-state index contributed by atoms with van der Waals surface area (Å²) in [5.41, 5.74) is 1.12. The summed E-state index contributed by atoms with van der Waals surface area (Å²) in [6, 6.07) is 10.7. The average molecular weight is 552 g/mol. The van der Waals surface area contributed by atoms with Crippen LogP contribution in [0.3, 0.4) is 0 Å². The number of benzene rings is 2. The van der Waals surface area contributed by atoms with Crippen molar-refractivity contribution in [2.24, 2.45) is 0 Å². The molecule has 0 bridgehead atoms. The second kappa shape index (κ2) is 15.7. The van der Waals surface area contributed by atoms with E-state index in [4.69, 9.17) is 18.9 Å². The predicted molar refractivity (Wildman–Crippen MR) is 156 cm³/mol. The van der Waals surface area contributed by atoms with Crippen molar-refractivity contribution < 1.29 is 28.5 Å². The Bertz CT molecular complexity index is 1120. The molecule has 1 aliphatic rings. The maximum atomic E-state index is 13.2. The van der Waals surface area contributed by atoms with Gasteiger partial charge in [-0.1, -0.05) is 24.3 Å². The zero-order valence-electron chi connectivity index (χ0n) is 23.9. The summed E-state index contributed by atoms with van der Waals surface area (Å²) in [7, 11) is 4.58. The zero-order valence-corrected chi connectivity index (χ0v) is 23.9. The van der Waals surface area contributed by atoms with Crippen LogP contribution >= 0.6 is 0 Å². The van der Waals surface area contributed by atoms with Gasteiger partial charge < -0.3 is 23.8 Å². The Morgan fingerprint density at radius 1 is 0.900 bits per heavy atom. The molecule has 0 unspecified atom stereocenters. The van der Waals surface area contributed by atoms with Crippen LogP contribution in [0.1, 0.15) is 27.1 Å². The summed E-state index contributed by atoms with van der Waals surface area (Å²) in [5.74, 6) is 2.00. The molecule has 0 N–H and O–H groups in total. The lowest BCUT2D eigenvalue weighted by molar-refractivity contribution is 0.0627. The van der Waals surface area contributed by atoms with Gasteiger partial charge in [-0.25, -0.2) is 0 Å². The molecule has 0 atom stereocenters. The third-order valence-corrected chi connectivity index (χ3v) is 6.83. The molecule has 1 amide bonds. The monoisotopic (exact) mass is 551 g/mol. The lowest BCUT2D eigenvalue weighted by Gasteiger charge is -2.34. The van der Waals surface area contributed by atoms with E-state index >= 15 is 0 Å². The van der Waals surface area contributed by atoms with E-state index in [9.17, 15) is 9.59 Å². The van der Waals surface area contributed by atoms with Gasteiger partial charge in [0.05, 0.1) is 21.3 Å². The van der Waals surface area contributed by atoms with Gasteiger partial charge in [0, 0.05) is 69.9 Å². The van der Waals surface area contributed by atoms with Crippen LogP contribution < -0.4 is 18.9 Å². The van der Waals surface area contributed by atoms with Crippen molar-refractivity contribution in [3.8, 4) is 23.0 Å². The lowest BCUT2D eigenvalue weighted by Crippen LogP contribution is -2.49. The molecule has 0 saturated carbocycles. The fraction of sp³-hybridized carbons (Fsp3) is 0.419. The standard InChI is InChI=1S/C31H41N3O6/c1-6-12-32(13-7-2)19-20-40-26-10-8-9-24(21-26)27(35)11-14-33-15-17-34(18-16-33)31(36)25-22-28(37-3)30(39-5)29(23-25)38-4/h6-10,21-23H,1-2,11-20H2,3-5H3. The number of piperazine rings is 1. The maximum absolute atomic E-state index is 13.2. The Labute approximate surface area is 237 Å². The van der Waals surface area contributed by atoms with Crippen molar-refractivity contribution in [2.45, 2.75) is 6.42 Å². The van der Waals surface area contributed by atoms with Crippen molar-refractivity contribution in [1.82, 2.24) is 14.7 Å². The molecule has 2 aromatic carbocycles. The number of ketones is 1. The first kappa shape index (κ1) is 30.7. The highest BCUT2D eigenvalue weighted by atomic mass is 16.5. The molecule has 0 aliphatic carbocycles. The number of Topliss-reactive ketones (excluding diaryl/α,β-unsaturated/α-hetero) is 1. The summed E-state index contributed by atoms with van der Waals surface area (Å²) in [5, 5.41) is 0. The van der Waals surface area contributed by atoms with Gasteiger partial charge in [-0.2, -0.15) is 0 Å². The highest BCUT2D eigenvalue weighted by Crippen LogP contribution is 2.38. The van der Waals surface area contributed by atoms with E-state index in [0.29, 0.717) is 79.9 Å². The largest absolute Gasteiger partial charge is 0.493 e. The summed E-state index contributed by atoms with van der Waals surface area (Å²) in [6.07, 6.45) is 4.11. The molecule has 0 radical (unpaired) electrons. The quantitative estimate of drug-likeness (QED) is 0.230. The van der Waals surface area contributed by atoms with Gasteiger partial charge in [0.25, 0.3) is 5.91 Å². The Morgan fingerprint density at radius 2 is 1.55 bits per heavy atom. The predicted octanol–water partition coefficient (Wildman–Crippen LogP) is 3.80. The van der Waals surface area contributed by atoms with Crippen LogP contribution in [-0.4, -0.2) is 107 Å². The Kier molecular flexibility index (Phi) is 12.0. The number of carbonyl (C=O) groups excluding carboxylic acids is 2. The van der Waals surface area contributed by atoms with Gasteiger partial charge in [-0.15, -0.1) is 13.2 Å². The van der Waals surface area contributed by atoms with E-state index in [0.717, 1.165) is 19.6 Å². The van der Waals surface area contributed by atoms with Crippen LogP contribution in [0.5, 0.6) is 23.0 Å². The smallest absolute Gasteiger partial charge is 0.254 e. The van der Waals surface area contributed by atoms with Crippen molar-refractivity contribution >= 4 is 11.7 Å². The molecule has 0 spiro atoms. The number of hydrogen-bond acceptors (Lipinski definition) is 8. The summed E-state index contributed by atoms with van der Waals surface area (Å²) in [6.45, 7) is 13.5. The van der Waals surface area contributed by atoms with Gasteiger partial charge in [0.1, 0.15) is 12.4 Å². The average Bonchev–Trinajstić information content (AvgIpc) is 2.99. The number of ether oxygens (including phenoxy) is 4. The molecule has 1 saturated heterocycles. The third-order valence-electron chi connectivity index (χ3n) is 6.83. The highest BCUT2D eigenvalue weighted by molar-refractivity contribution is 5.97. The molecule has 1 heterocycles. The lowest BCUT2D eigenvalue weighted by atomic mass is 10.1. The second-order valence-corrected chi connectivity index (χ2v) is 9.43. The normalized spacial score (nSPS) is 13.6. The van der Waals surface area contributed by atoms with E-state index in [-0.39, 0.29) is 11.7 Å². The fourth-order valence-corrected chi connectivity index (χ4v) is 4.64. The number of carbonyl (C=O) groups is 2. The van der Waals surface area contributed by atoms with E-state index in [1.165, 1.54) is 21.3 Å². The minimum absolute atomic E-state index is 0.0707. The molecule has 216 valence electrons. The molecule has 0 aromatic heterocycles. The molecule has 1 aliphatic heterocycles. The number of rotatable bonds is 16. The number of nitrogens with zero attached hydrogens (tertiary/aromatic N) is 3. The maximum Gasteiger partial charge on any atom is 0.254 e. The van der Waals surface area contributed by atoms with E-state index in [2.05, 4.69) is 23.0 Å². The van der Waals surface area contributed by atoms with E-state index < -0.39 is 0 Å². The fourth-order valence-electron chi connectivity index (χ4n) is 4.64. The minimum atomic E-state index is -0.0936. The van der Waals surface area contributed by atoms with Crippen molar-refractivity contribution in [3.05, 3.63) is 72.8 Å². The third kappa shape index (κ3) is 8.34. The Morgan fingerprint density at radius 3 is 2.12 bits per heavy atom. The first-order valence-electron chi connectivity index (χ1n) is 13.5. The Balaban J connectivity index is 1.48. The number of methoxy groups -OCH3 is 3. The van der Waals surface area contributed by atoms with Gasteiger partial charge >= 0.3 is 0 Å². The summed E-state index contributed by atoms with van der Waals surface area (Å²) >= 11 is 0. The summed E-state index contributed by atoms with van der Waals surface area (Å²) in [4.78, 5) is 32.3. The molecule has 3 rings (SSSR count). The molecule has 2 aromatic rings. The number of amides is 1. The van der Waals surface area contributed by atoms with Crippen LogP contribution in [0.2, 0.25) is 0 Å². The minimum Gasteiger partial charge on any atom is -0.493 e. The van der Waals surface area contributed by atoms with Crippen LogP contribution in [-0.2, 0) is 0 Å². The van der Waals surface area contributed by atoms with Gasteiger partial charge in [0.2, 0.25) is 5.75 Å². The molecular weight excluding hydrogens is 510 g/mol. The highest BCUT2D eigenvalue weighted by Gasteiger charge is 2.25. The van der Waals surface area contributed by atoms with Gasteiger partial charge in [-0.05, 0) is 24.3 Å². The topological polar surface area (TPSA) is 80.8 Å². The van der Waals surface area contributed by atoms with Crippen LogP contribution in [0.25, 0.3) is 0 Å². The molecule has 40 heavy (non-hydrogen) atoms. The SMILES string of the molecule is C=CCN(CC=C)CCOc1cccc(C(=O)CCN2CCN(C(=O)c3cc(OC)c(OC)c(OC)c3)CC2)c1. The van der Waals surface area contributed by atoms with Crippen molar-refractivity contribution in [3.63, 3.8) is 0 Å². The molecule has 1 fully saturated rings. The van der Waals surface area contributed by atoms with Crippen molar-refractivity contribution in [1.29, 1.82) is 0 Å². The first-order valence-corrected chi connectivity index (χ1v) is 13.5. The molecule has 9 nitrogen and oxygen atoms in total. The first-order chi connectivity index (χ1) is 19.4. The summed E-state index contributed by atoms with van der Waals surface area (Å²) < 4.78 is 22.0. The second-order valence-electron chi connectivity index (χ2n) is 9.43. The molecule has 9 heteroatoms.